The van der Waals surface area contributed by atoms with Crippen LogP contribution in [-0.4, -0.2) is 37.4 Å². The first-order valence-electron chi connectivity index (χ1n) is 6.90. The van der Waals surface area contributed by atoms with Crippen LogP contribution in [0.3, 0.4) is 0 Å². The molecule has 0 unspecified atom stereocenters. The summed E-state index contributed by atoms with van der Waals surface area (Å²) in [6.45, 7) is 3.71. The molecule has 108 valence electrons. The van der Waals surface area contributed by atoms with Gasteiger partial charge in [-0.05, 0) is 49.1 Å². The summed E-state index contributed by atoms with van der Waals surface area (Å²) in [7, 11) is 2.12. The molecule has 0 bridgehead atoms. The van der Waals surface area contributed by atoms with Crippen molar-refractivity contribution in [2.24, 2.45) is 0 Å². The highest BCUT2D eigenvalue weighted by Crippen LogP contribution is 2.25. The van der Waals surface area contributed by atoms with Crippen molar-refractivity contribution in [2.75, 3.05) is 25.2 Å². The second kappa shape index (κ2) is 6.57. The Bertz CT molecular complexity index is 504. The first-order valence-corrected chi connectivity index (χ1v) is 6.90. The number of aliphatic carboxylic acids is 1. The van der Waals surface area contributed by atoms with Crippen LogP contribution in [0.15, 0.2) is 24.3 Å². The number of carboxylic acid groups (broad SMARTS) is 1. The van der Waals surface area contributed by atoms with Gasteiger partial charge in [-0.1, -0.05) is 6.07 Å². The van der Waals surface area contributed by atoms with E-state index in [4.69, 9.17) is 9.84 Å². The maximum atomic E-state index is 10.5. The minimum Gasteiger partial charge on any atom is -0.478 e. The van der Waals surface area contributed by atoms with Crippen LogP contribution in [0.1, 0.15) is 24.0 Å². The van der Waals surface area contributed by atoms with Crippen molar-refractivity contribution in [3.05, 3.63) is 35.4 Å². The van der Waals surface area contributed by atoms with Gasteiger partial charge in [0.05, 0.1) is 0 Å². The molecule has 0 atom stereocenters. The van der Waals surface area contributed by atoms with Crippen molar-refractivity contribution in [1.82, 2.24) is 0 Å². The van der Waals surface area contributed by atoms with Gasteiger partial charge in [0, 0.05) is 38.1 Å². The SMILES string of the molecule is Cc1cc(C=CC(=O)O)ccc1N(C)C1CCOCC1. The van der Waals surface area contributed by atoms with Crippen molar-refractivity contribution in [2.45, 2.75) is 25.8 Å². The van der Waals surface area contributed by atoms with E-state index >= 15 is 0 Å². The third-order valence-corrected chi connectivity index (χ3v) is 3.76. The zero-order valence-electron chi connectivity index (χ0n) is 12.0. The van der Waals surface area contributed by atoms with Crippen LogP contribution in [0.5, 0.6) is 0 Å². The van der Waals surface area contributed by atoms with Crippen molar-refractivity contribution < 1.29 is 14.6 Å². The molecule has 1 aromatic rings. The molecule has 20 heavy (non-hydrogen) atoms. The Kier molecular flexibility index (Phi) is 4.79. The van der Waals surface area contributed by atoms with E-state index in [0.717, 1.165) is 43.3 Å². The van der Waals surface area contributed by atoms with Crippen LogP contribution >= 0.6 is 0 Å². The van der Waals surface area contributed by atoms with E-state index in [2.05, 4.69) is 24.9 Å². The smallest absolute Gasteiger partial charge is 0.328 e. The van der Waals surface area contributed by atoms with E-state index in [0.29, 0.717) is 6.04 Å². The Balaban J connectivity index is 2.14. The largest absolute Gasteiger partial charge is 0.478 e. The molecule has 1 aromatic carbocycles. The first-order chi connectivity index (χ1) is 9.58. The summed E-state index contributed by atoms with van der Waals surface area (Å²) in [6, 6.07) is 6.55. The van der Waals surface area contributed by atoms with Gasteiger partial charge < -0.3 is 14.7 Å². The number of benzene rings is 1. The second-order valence-electron chi connectivity index (χ2n) is 5.17. The van der Waals surface area contributed by atoms with E-state index in [1.54, 1.807) is 6.08 Å². The molecule has 1 saturated heterocycles. The average molecular weight is 275 g/mol. The monoisotopic (exact) mass is 275 g/mol. The lowest BCUT2D eigenvalue weighted by molar-refractivity contribution is -0.131. The molecule has 4 heteroatoms. The Morgan fingerprint density at radius 2 is 2.10 bits per heavy atom. The molecule has 2 rings (SSSR count). The summed E-state index contributed by atoms with van der Waals surface area (Å²) in [5, 5.41) is 8.65. The molecule has 0 spiro atoms. The lowest BCUT2D eigenvalue weighted by Crippen LogP contribution is -2.37. The molecule has 1 aliphatic rings. The van der Waals surface area contributed by atoms with E-state index in [1.807, 2.05) is 12.1 Å². The van der Waals surface area contributed by atoms with Crippen LogP contribution in [0.25, 0.3) is 6.08 Å². The number of hydrogen-bond acceptors (Lipinski definition) is 3. The molecule has 1 aliphatic heterocycles. The Morgan fingerprint density at radius 1 is 1.40 bits per heavy atom. The number of aryl methyl sites for hydroxylation is 1. The number of carbonyl (C=O) groups is 1. The highest BCUT2D eigenvalue weighted by Gasteiger charge is 2.19. The number of hydrogen-bond donors (Lipinski definition) is 1. The lowest BCUT2D eigenvalue weighted by Gasteiger charge is -2.34. The topological polar surface area (TPSA) is 49.8 Å². The summed E-state index contributed by atoms with van der Waals surface area (Å²) >= 11 is 0. The fourth-order valence-corrected chi connectivity index (χ4v) is 2.61. The zero-order valence-corrected chi connectivity index (χ0v) is 12.0. The minimum absolute atomic E-state index is 0.517. The molecule has 0 radical (unpaired) electrons. The molecule has 0 amide bonds. The third-order valence-electron chi connectivity index (χ3n) is 3.76. The molecule has 0 aromatic heterocycles. The maximum absolute atomic E-state index is 10.5. The molecule has 0 saturated carbocycles. The van der Waals surface area contributed by atoms with Gasteiger partial charge in [-0.15, -0.1) is 0 Å². The van der Waals surface area contributed by atoms with E-state index in [-0.39, 0.29) is 0 Å². The summed E-state index contributed by atoms with van der Waals surface area (Å²) in [4.78, 5) is 12.8. The quantitative estimate of drug-likeness (QED) is 0.858. The molecule has 0 aliphatic carbocycles. The van der Waals surface area contributed by atoms with Gasteiger partial charge in [0.15, 0.2) is 0 Å². The normalized spacial score (nSPS) is 16.5. The third kappa shape index (κ3) is 3.61. The van der Waals surface area contributed by atoms with Gasteiger partial charge in [0.1, 0.15) is 0 Å². The zero-order chi connectivity index (χ0) is 14.5. The number of anilines is 1. The standard InChI is InChI=1S/C16H21NO3/c1-12-11-13(4-6-16(18)19)3-5-15(12)17(2)14-7-9-20-10-8-14/h3-6,11,14H,7-10H2,1-2H3,(H,18,19). The number of nitrogens with zero attached hydrogens (tertiary/aromatic N) is 1. The Hall–Kier alpha value is -1.81. The van der Waals surface area contributed by atoms with Crippen molar-refractivity contribution in [3.8, 4) is 0 Å². The molecular formula is C16H21NO3. The predicted molar refractivity (Wildman–Crippen MR) is 80.1 cm³/mol. The summed E-state index contributed by atoms with van der Waals surface area (Å²) in [5.41, 5.74) is 3.27. The fraction of sp³-hybridized carbons (Fsp3) is 0.438. The van der Waals surface area contributed by atoms with Gasteiger partial charge >= 0.3 is 5.97 Å². The minimum atomic E-state index is -0.925. The van der Waals surface area contributed by atoms with Crippen LogP contribution < -0.4 is 4.90 Å². The van der Waals surface area contributed by atoms with Crippen LogP contribution in [-0.2, 0) is 9.53 Å². The van der Waals surface area contributed by atoms with E-state index < -0.39 is 5.97 Å². The van der Waals surface area contributed by atoms with Gasteiger partial charge in [0.25, 0.3) is 0 Å². The molecule has 1 N–H and O–H groups in total. The average Bonchev–Trinajstić information content (AvgIpc) is 2.45. The molecular weight excluding hydrogens is 254 g/mol. The second-order valence-corrected chi connectivity index (χ2v) is 5.17. The maximum Gasteiger partial charge on any atom is 0.328 e. The molecule has 1 fully saturated rings. The van der Waals surface area contributed by atoms with Crippen molar-refractivity contribution in [3.63, 3.8) is 0 Å². The van der Waals surface area contributed by atoms with Gasteiger partial charge in [-0.2, -0.15) is 0 Å². The number of ether oxygens (including phenoxy) is 1. The number of rotatable bonds is 4. The Labute approximate surface area is 119 Å². The fourth-order valence-electron chi connectivity index (χ4n) is 2.61. The van der Waals surface area contributed by atoms with Gasteiger partial charge in [-0.3, -0.25) is 0 Å². The van der Waals surface area contributed by atoms with E-state index in [9.17, 15) is 4.79 Å². The van der Waals surface area contributed by atoms with Crippen LogP contribution in [0.4, 0.5) is 5.69 Å². The first kappa shape index (κ1) is 14.6. The summed E-state index contributed by atoms with van der Waals surface area (Å²) < 4.78 is 5.40. The van der Waals surface area contributed by atoms with Crippen LogP contribution in [0, 0.1) is 6.92 Å². The van der Waals surface area contributed by atoms with Gasteiger partial charge in [-0.25, -0.2) is 4.79 Å². The lowest BCUT2D eigenvalue weighted by atomic mass is 10.0. The van der Waals surface area contributed by atoms with Crippen molar-refractivity contribution in [1.29, 1.82) is 0 Å². The van der Waals surface area contributed by atoms with Crippen molar-refractivity contribution >= 4 is 17.7 Å². The van der Waals surface area contributed by atoms with Gasteiger partial charge in [0.2, 0.25) is 0 Å². The summed E-state index contributed by atoms with van der Waals surface area (Å²) in [6.07, 6.45) is 4.89. The number of carboxylic acids is 1. The Morgan fingerprint density at radius 3 is 2.70 bits per heavy atom. The highest BCUT2D eigenvalue weighted by atomic mass is 16.5. The predicted octanol–water partition coefficient (Wildman–Crippen LogP) is 2.71. The van der Waals surface area contributed by atoms with Crippen LogP contribution in [0.2, 0.25) is 0 Å². The summed E-state index contributed by atoms with van der Waals surface area (Å²) in [5.74, 6) is -0.925. The molecule has 1 heterocycles. The highest BCUT2D eigenvalue weighted by molar-refractivity contribution is 5.85. The molecule has 4 nitrogen and oxygen atoms in total. The van der Waals surface area contributed by atoms with E-state index in [1.165, 1.54) is 5.69 Å².